The predicted molar refractivity (Wildman–Crippen MR) is 123 cm³/mol. The topological polar surface area (TPSA) is 60.7 Å². The standard InChI is InChI=1S/C24H19ClN2O3S/c1-3-13-30-23(29)20-15(2)26-24-27(21(20)16-9-5-4-6-10-16)22(28)19(31-24)14-17-11-7-8-12-18(17)25/h3-12,14,21H,1,13H2,2H3/b19-14+/t21-/m1/s1. The molecule has 0 aliphatic carbocycles. The van der Waals surface area contributed by atoms with Gasteiger partial charge in [0.25, 0.3) is 5.56 Å². The number of hydrogen-bond donors (Lipinski definition) is 0. The molecule has 0 fully saturated rings. The number of benzene rings is 2. The largest absolute Gasteiger partial charge is 0.458 e. The Balaban J connectivity index is 1.95. The average molecular weight is 451 g/mol. The second-order valence-corrected chi connectivity index (χ2v) is 8.32. The molecule has 31 heavy (non-hydrogen) atoms. The van der Waals surface area contributed by atoms with Crippen molar-refractivity contribution in [1.82, 2.24) is 4.57 Å². The van der Waals surface area contributed by atoms with Crippen LogP contribution in [0.15, 0.2) is 88.3 Å². The van der Waals surface area contributed by atoms with Crippen molar-refractivity contribution in [1.29, 1.82) is 0 Å². The SMILES string of the molecule is C=CCOC(=O)C1=C(C)N=c2s/c(=C/c3ccccc3Cl)c(=O)n2[C@@H]1c1ccccc1. The fourth-order valence-electron chi connectivity index (χ4n) is 3.48. The zero-order valence-corrected chi connectivity index (χ0v) is 18.3. The highest BCUT2D eigenvalue weighted by atomic mass is 35.5. The van der Waals surface area contributed by atoms with Crippen molar-refractivity contribution in [2.24, 2.45) is 4.99 Å². The summed E-state index contributed by atoms with van der Waals surface area (Å²) >= 11 is 7.54. The molecular weight excluding hydrogens is 432 g/mol. The summed E-state index contributed by atoms with van der Waals surface area (Å²) in [5, 5.41) is 0.554. The third-order valence-corrected chi connectivity index (χ3v) is 6.21. The molecule has 2 aromatic carbocycles. The first-order valence-corrected chi connectivity index (χ1v) is 10.8. The Morgan fingerprint density at radius 1 is 1.23 bits per heavy atom. The predicted octanol–water partition coefficient (Wildman–Crippen LogP) is 3.62. The van der Waals surface area contributed by atoms with E-state index in [0.717, 1.165) is 11.1 Å². The summed E-state index contributed by atoms with van der Waals surface area (Å²) in [4.78, 5) is 31.4. The smallest absolute Gasteiger partial charge is 0.338 e. The van der Waals surface area contributed by atoms with Crippen LogP contribution in [0.4, 0.5) is 0 Å². The number of carbonyl (C=O) groups excluding carboxylic acids is 1. The van der Waals surface area contributed by atoms with Gasteiger partial charge in [-0.15, -0.1) is 0 Å². The van der Waals surface area contributed by atoms with Crippen molar-refractivity contribution >= 4 is 35.0 Å². The maximum absolute atomic E-state index is 13.5. The second-order valence-electron chi connectivity index (χ2n) is 6.90. The van der Waals surface area contributed by atoms with Crippen molar-refractivity contribution in [3.8, 4) is 0 Å². The van der Waals surface area contributed by atoms with Crippen LogP contribution in [0.5, 0.6) is 0 Å². The van der Waals surface area contributed by atoms with Gasteiger partial charge in [-0.2, -0.15) is 0 Å². The Morgan fingerprint density at radius 3 is 2.65 bits per heavy atom. The lowest BCUT2D eigenvalue weighted by Gasteiger charge is -2.24. The molecule has 1 aliphatic heterocycles. The van der Waals surface area contributed by atoms with Gasteiger partial charge in [-0.25, -0.2) is 9.79 Å². The van der Waals surface area contributed by atoms with E-state index in [0.29, 0.717) is 25.6 Å². The number of esters is 1. The summed E-state index contributed by atoms with van der Waals surface area (Å²) in [5.74, 6) is -0.518. The van der Waals surface area contributed by atoms with Crippen LogP contribution >= 0.6 is 22.9 Å². The molecule has 2 heterocycles. The van der Waals surface area contributed by atoms with Crippen molar-refractivity contribution in [3.63, 3.8) is 0 Å². The van der Waals surface area contributed by atoms with Crippen molar-refractivity contribution in [2.45, 2.75) is 13.0 Å². The fraction of sp³-hybridized carbons (Fsp3) is 0.125. The van der Waals surface area contributed by atoms with Crippen LogP contribution in [0, 0.1) is 0 Å². The van der Waals surface area contributed by atoms with E-state index in [9.17, 15) is 9.59 Å². The number of ether oxygens (including phenoxy) is 1. The van der Waals surface area contributed by atoms with Crippen LogP contribution in [-0.2, 0) is 9.53 Å². The third-order valence-electron chi connectivity index (χ3n) is 4.88. The van der Waals surface area contributed by atoms with Crippen molar-refractivity contribution < 1.29 is 9.53 Å². The molecule has 156 valence electrons. The molecule has 0 amide bonds. The Hall–Kier alpha value is -3.22. The molecule has 0 spiro atoms. The molecule has 1 atom stereocenters. The van der Waals surface area contributed by atoms with Crippen LogP contribution in [0.3, 0.4) is 0 Å². The quantitative estimate of drug-likeness (QED) is 0.440. The molecule has 0 bridgehead atoms. The monoisotopic (exact) mass is 450 g/mol. The van der Waals surface area contributed by atoms with Crippen LogP contribution in [0.2, 0.25) is 5.02 Å². The molecule has 0 N–H and O–H groups in total. The molecule has 0 unspecified atom stereocenters. The first-order chi connectivity index (χ1) is 15.0. The number of hydrogen-bond acceptors (Lipinski definition) is 5. The van der Waals surface area contributed by atoms with Gasteiger partial charge in [0.1, 0.15) is 6.61 Å². The van der Waals surface area contributed by atoms with Crippen LogP contribution in [0.1, 0.15) is 24.1 Å². The molecule has 7 heteroatoms. The molecule has 0 saturated carbocycles. The highest BCUT2D eigenvalue weighted by Gasteiger charge is 2.33. The van der Waals surface area contributed by atoms with Crippen molar-refractivity contribution in [3.05, 3.63) is 114 Å². The molecule has 1 aromatic heterocycles. The number of nitrogens with zero attached hydrogens (tertiary/aromatic N) is 2. The lowest BCUT2D eigenvalue weighted by Crippen LogP contribution is -2.39. The van der Waals surface area contributed by atoms with Gasteiger partial charge >= 0.3 is 5.97 Å². The lowest BCUT2D eigenvalue weighted by atomic mass is 9.96. The van der Waals surface area contributed by atoms with Gasteiger partial charge < -0.3 is 4.74 Å². The molecule has 0 radical (unpaired) electrons. The summed E-state index contributed by atoms with van der Waals surface area (Å²) < 4.78 is 7.36. The molecule has 5 nitrogen and oxygen atoms in total. The van der Waals surface area contributed by atoms with Gasteiger partial charge in [0.2, 0.25) is 0 Å². The van der Waals surface area contributed by atoms with Crippen LogP contribution in [0.25, 0.3) is 6.08 Å². The number of carbonyl (C=O) groups is 1. The summed E-state index contributed by atoms with van der Waals surface area (Å²) in [6.45, 7) is 5.42. The van der Waals surface area contributed by atoms with Gasteiger partial charge in [-0.3, -0.25) is 9.36 Å². The minimum absolute atomic E-state index is 0.0774. The number of allylic oxidation sites excluding steroid dienone is 1. The average Bonchev–Trinajstić information content (AvgIpc) is 3.08. The number of rotatable bonds is 5. The van der Waals surface area contributed by atoms with Crippen LogP contribution in [-0.4, -0.2) is 17.1 Å². The zero-order chi connectivity index (χ0) is 22.0. The van der Waals surface area contributed by atoms with E-state index >= 15 is 0 Å². The van der Waals surface area contributed by atoms with E-state index < -0.39 is 12.0 Å². The highest BCUT2D eigenvalue weighted by Crippen LogP contribution is 2.30. The fourth-order valence-corrected chi connectivity index (χ4v) is 4.71. The zero-order valence-electron chi connectivity index (χ0n) is 16.7. The maximum atomic E-state index is 13.5. The van der Waals surface area contributed by atoms with Crippen LogP contribution < -0.4 is 14.9 Å². The van der Waals surface area contributed by atoms with Gasteiger partial charge in [-0.05, 0) is 30.2 Å². The van der Waals surface area contributed by atoms with E-state index in [1.54, 1.807) is 23.6 Å². The molecule has 4 rings (SSSR count). The Bertz CT molecular complexity index is 1370. The summed E-state index contributed by atoms with van der Waals surface area (Å²) in [6, 6.07) is 16.1. The molecule has 0 saturated heterocycles. The Kier molecular flexibility index (Phi) is 6.02. The van der Waals surface area contributed by atoms with E-state index in [1.807, 2.05) is 48.5 Å². The number of halogens is 1. The van der Waals surface area contributed by atoms with Gasteiger partial charge in [0, 0.05) is 5.02 Å². The summed E-state index contributed by atoms with van der Waals surface area (Å²) in [6.07, 6.45) is 3.26. The molecular formula is C24H19ClN2O3S. The molecule has 3 aromatic rings. The van der Waals surface area contributed by atoms with E-state index in [4.69, 9.17) is 16.3 Å². The highest BCUT2D eigenvalue weighted by molar-refractivity contribution is 7.07. The first kappa shape index (κ1) is 21.0. The van der Waals surface area contributed by atoms with Gasteiger partial charge in [0.15, 0.2) is 4.80 Å². The van der Waals surface area contributed by atoms with E-state index in [1.165, 1.54) is 17.4 Å². The first-order valence-electron chi connectivity index (χ1n) is 9.61. The minimum Gasteiger partial charge on any atom is -0.458 e. The Morgan fingerprint density at radius 2 is 1.94 bits per heavy atom. The van der Waals surface area contributed by atoms with E-state index in [2.05, 4.69) is 11.6 Å². The summed E-state index contributed by atoms with van der Waals surface area (Å²) in [5.41, 5.74) is 2.16. The third kappa shape index (κ3) is 4.04. The maximum Gasteiger partial charge on any atom is 0.338 e. The lowest BCUT2D eigenvalue weighted by molar-refractivity contribution is -0.138. The number of aromatic nitrogens is 1. The number of fused-ring (bicyclic) bond motifs is 1. The minimum atomic E-state index is -0.636. The normalized spacial score (nSPS) is 15.9. The van der Waals surface area contributed by atoms with E-state index in [-0.39, 0.29) is 12.2 Å². The second kappa shape index (κ2) is 8.88. The number of thiazole rings is 1. The Labute approximate surface area is 187 Å². The summed E-state index contributed by atoms with van der Waals surface area (Å²) in [7, 11) is 0. The van der Waals surface area contributed by atoms with Crippen molar-refractivity contribution in [2.75, 3.05) is 6.61 Å². The molecule has 1 aliphatic rings. The van der Waals surface area contributed by atoms with Gasteiger partial charge in [-0.1, -0.05) is 84.1 Å². The van der Waals surface area contributed by atoms with Gasteiger partial charge in [0.05, 0.1) is 21.8 Å².